The van der Waals surface area contributed by atoms with Crippen LogP contribution >= 0.6 is 11.3 Å². The van der Waals surface area contributed by atoms with E-state index >= 15 is 0 Å². The van der Waals surface area contributed by atoms with Crippen LogP contribution in [0.1, 0.15) is 71.0 Å². The molecule has 1 unspecified atom stereocenters. The molecule has 5 rings (SSSR count). The van der Waals surface area contributed by atoms with Crippen molar-refractivity contribution >= 4 is 32.9 Å². The first-order valence-electron chi connectivity index (χ1n) is 9.05. The molecule has 2 aliphatic carbocycles. The number of carbonyl (C=O) groups is 1. The largest absolute Gasteiger partial charge is 0.306 e. The van der Waals surface area contributed by atoms with Gasteiger partial charge in [0.15, 0.2) is 9.84 Å². The van der Waals surface area contributed by atoms with E-state index in [1.807, 2.05) is 6.07 Å². The third kappa shape index (κ3) is 3.07. The fourth-order valence-corrected chi connectivity index (χ4v) is 6.04. The van der Waals surface area contributed by atoms with E-state index in [-0.39, 0.29) is 23.5 Å². The fraction of sp³-hybridized carbons (Fsp3) is 0.588. The number of nitrogens with zero attached hydrogens (tertiary/aromatic N) is 3. The summed E-state index contributed by atoms with van der Waals surface area (Å²) in [6.45, 7) is 0. The van der Waals surface area contributed by atoms with Crippen LogP contribution in [0, 0.1) is 0 Å². The first kappa shape index (κ1) is 16.4. The zero-order chi connectivity index (χ0) is 17.9. The number of rotatable bonds is 5. The predicted octanol–water partition coefficient (Wildman–Crippen LogP) is 2.71. The summed E-state index contributed by atoms with van der Waals surface area (Å²) in [7, 11) is -3.02. The van der Waals surface area contributed by atoms with E-state index in [9.17, 15) is 13.2 Å². The Morgan fingerprint density at radius 2 is 1.96 bits per heavy atom. The molecule has 1 amide bonds. The van der Waals surface area contributed by atoms with E-state index in [1.54, 1.807) is 10.2 Å². The Labute approximate surface area is 155 Å². The second-order valence-corrected chi connectivity index (χ2v) is 10.6. The molecule has 7 nitrogen and oxygen atoms in total. The maximum absolute atomic E-state index is 12.8. The van der Waals surface area contributed by atoms with Gasteiger partial charge in [0.1, 0.15) is 10.7 Å². The molecule has 0 spiro atoms. The maximum Gasteiger partial charge on any atom is 0.268 e. The number of sulfone groups is 1. The quantitative estimate of drug-likeness (QED) is 0.844. The number of nitrogens with one attached hydrogen (secondary N) is 1. The molecule has 0 bridgehead atoms. The Bertz CT molecular complexity index is 970. The van der Waals surface area contributed by atoms with Gasteiger partial charge in [0.2, 0.25) is 0 Å². The minimum absolute atomic E-state index is 0.0928. The molecule has 138 valence electrons. The number of carbonyl (C=O) groups excluding carboxylic acids is 1. The molecule has 9 heteroatoms. The number of hydrogen-bond donors (Lipinski definition) is 1. The highest BCUT2D eigenvalue weighted by Crippen LogP contribution is 2.43. The second-order valence-electron chi connectivity index (χ2n) is 7.53. The van der Waals surface area contributed by atoms with Crippen molar-refractivity contribution in [3.8, 4) is 0 Å². The molecule has 1 N–H and O–H groups in total. The lowest BCUT2D eigenvalue weighted by Crippen LogP contribution is -2.19. The zero-order valence-corrected chi connectivity index (χ0v) is 15.9. The van der Waals surface area contributed by atoms with Crippen LogP contribution in [0.2, 0.25) is 0 Å². The number of hydrogen-bond acceptors (Lipinski definition) is 6. The van der Waals surface area contributed by atoms with E-state index in [2.05, 4.69) is 15.4 Å². The highest BCUT2D eigenvalue weighted by atomic mass is 32.2. The smallest absolute Gasteiger partial charge is 0.268 e. The van der Waals surface area contributed by atoms with Crippen LogP contribution in [0.25, 0.3) is 0 Å². The molecule has 1 aliphatic heterocycles. The number of amides is 1. The molecule has 0 aromatic carbocycles. The zero-order valence-electron chi connectivity index (χ0n) is 14.2. The van der Waals surface area contributed by atoms with E-state index in [4.69, 9.17) is 0 Å². The summed E-state index contributed by atoms with van der Waals surface area (Å²) in [4.78, 5) is 17.8. The van der Waals surface area contributed by atoms with E-state index in [1.165, 1.54) is 11.3 Å². The van der Waals surface area contributed by atoms with Gasteiger partial charge in [0.05, 0.1) is 34.4 Å². The highest BCUT2D eigenvalue weighted by Gasteiger charge is 2.35. The number of aromatic nitrogens is 3. The Hall–Kier alpha value is -1.74. The van der Waals surface area contributed by atoms with Gasteiger partial charge in [0.25, 0.3) is 5.91 Å². The second kappa shape index (κ2) is 5.88. The Morgan fingerprint density at radius 3 is 2.62 bits per heavy atom. The molecule has 3 aliphatic rings. The first-order chi connectivity index (χ1) is 12.5. The van der Waals surface area contributed by atoms with Crippen molar-refractivity contribution in [2.75, 3.05) is 16.8 Å². The summed E-state index contributed by atoms with van der Waals surface area (Å²) >= 11 is 1.36. The van der Waals surface area contributed by atoms with Crippen molar-refractivity contribution < 1.29 is 13.2 Å². The van der Waals surface area contributed by atoms with Gasteiger partial charge in [-0.15, -0.1) is 11.3 Å². The van der Waals surface area contributed by atoms with Crippen molar-refractivity contribution in [2.24, 2.45) is 0 Å². The Balaban J connectivity index is 1.44. The van der Waals surface area contributed by atoms with E-state index in [0.29, 0.717) is 29.0 Å². The van der Waals surface area contributed by atoms with Crippen molar-refractivity contribution in [1.29, 1.82) is 0 Å². The third-order valence-electron chi connectivity index (χ3n) is 5.31. The average molecular weight is 393 g/mol. The molecule has 2 saturated carbocycles. The van der Waals surface area contributed by atoms with Gasteiger partial charge in [-0.1, -0.05) is 0 Å². The monoisotopic (exact) mass is 392 g/mol. The summed E-state index contributed by atoms with van der Waals surface area (Å²) < 4.78 is 25.5. The lowest BCUT2D eigenvalue weighted by Gasteiger charge is -2.13. The van der Waals surface area contributed by atoms with Crippen LogP contribution in [0.4, 0.5) is 5.82 Å². The Morgan fingerprint density at radius 1 is 1.19 bits per heavy atom. The third-order valence-corrected chi connectivity index (χ3v) is 7.90. The fourth-order valence-electron chi connectivity index (χ4n) is 3.58. The van der Waals surface area contributed by atoms with Gasteiger partial charge in [-0.25, -0.2) is 18.1 Å². The molecular formula is C17H20N4O3S2. The predicted molar refractivity (Wildman–Crippen MR) is 98.6 cm³/mol. The lowest BCUT2D eigenvalue weighted by molar-refractivity contribution is 0.102. The van der Waals surface area contributed by atoms with Gasteiger partial charge in [-0.2, -0.15) is 5.10 Å². The van der Waals surface area contributed by atoms with Crippen molar-refractivity contribution in [2.45, 2.75) is 50.0 Å². The molecular weight excluding hydrogens is 372 g/mol. The molecule has 1 atom stereocenters. The molecule has 26 heavy (non-hydrogen) atoms. The average Bonchev–Trinajstić information content (AvgIpc) is 3.51. The van der Waals surface area contributed by atoms with Crippen molar-refractivity contribution in [3.63, 3.8) is 0 Å². The topological polar surface area (TPSA) is 94.0 Å². The van der Waals surface area contributed by atoms with Gasteiger partial charge < -0.3 is 5.32 Å². The first-order valence-corrected chi connectivity index (χ1v) is 11.7. The van der Waals surface area contributed by atoms with Gasteiger partial charge in [0, 0.05) is 17.9 Å². The summed E-state index contributed by atoms with van der Waals surface area (Å²) in [5.74, 6) is 1.57. The normalized spacial score (nSPS) is 24.7. The van der Waals surface area contributed by atoms with Gasteiger partial charge in [-0.05, 0) is 32.1 Å². The van der Waals surface area contributed by atoms with E-state index < -0.39 is 9.84 Å². The van der Waals surface area contributed by atoms with Gasteiger partial charge in [-0.3, -0.25) is 4.79 Å². The summed E-state index contributed by atoms with van der Waals surface area (Å²) in [6, 6.07) is 1.71. The Kier molecular flexibility index (Phi) is 3.72. The van der Waals surface area contributed by atoms with Gasteiger partial charge >= 0.3 is 0 Å². The minimum atomic E-state index is -3.02. The molecule has 1 saturated heterocycles. The lowest BCUT2D eigenvalue weighted by atomic mass is 10.2. The standard InChI is InChI=1S/C17H20N4O3S2/c22-17(16-15(11-3-4-11)18-9-25-16)19-14-7-13(10-1-2-10)20-21(14)12-5-6-26(23,24)8-12/h7,9-12H,1-6,8H2,(H,19,22). The SMILES string of the molecule is O=C(Nc1cc(C2CC2)nn1C1CCS(=O)(=O)C1)c1scnc1C1CC1. The van der Waals surface area contributed by atoms with E-state index in [0.717, 1.165) is 37.1 Å². The molecule has 2 aromatic rings. The van der Waals surface area contributed by atoms with Crippen molar-refractivity contribution in [3.05, 3.63) is 27.8 Å². The van der Waals surface area contributed by atoms with Crippen LogP contribution < -0.4 is 5.32 Å². The number of anilines is 1. The molecule has 2 aromatic heterocycles. The summed E-state index contributed by atoms with van der Waals surface area (Å²) in [6.07, 6.45) is 4.94. The summed E-state index contributed by atoms with van der Waals surface area (Å²) in [5.41, 5.74) is 3.57. The van der Waals surface area contributed by atoms with Crippen LogP contribution in [0.3, 0.4) is 0 Å². The molecule has 3 heterocycles. The summed E-state index contributed by atoms with van der Waals surface area (Å²) in [5, 5.41) is 7.63. The highest BCUT2D eigenvalue weighted by molar-refractivity contribution is 7.91. The van der Waals surface area contributed by atoms with Crippen molar-refractivity contribution in [1.82, 2.24) is 14.8 Å². The van der Waals surface area contributed by atoms with Crippen LogP contribution in [-0.4, -0.2) is 40.6 Å². The maximum atomic E-state index is 12.8. The van der Waals surface area contributed by atoms with Crippen LogP contribution in [0.5, 0.6) is 0 Å². The molecule has 0 radical (unpaired) electrons. The van der Waals surface area contributed by atoms with Crippen LogP contribution in [-0.2, 0) is 9.84 Å². The number of thiazole rings is 1. The minimum Gasteiger partial charge on any atom is -0.306 e. The molecule has 3 fully saturated rings. The van der Waals surface area contributed by atoms with Crippen LogP contribution in [0.15, 0.2) is 11.6 Å².